The second kappa shape index (κ2) is 16.7. The van der Waals surface area contributed by atoms with Crippen molar-refractivity contribution in [3.8, 4) is 0 Å². The van der Waals surface area contributed by atoms with Gasteiger partial charge in [-0.25, -0.2) is 14.6 Å². The molecule has 1 aromatic rings. The Balaban J connectivity index is 2.10. The second-order valence-electron chi connectivity index (χ2n) is 9.92. The number of hydrogen-bond donors (Lipinski definition) is 0. The van der Waals surface area contributed by atoms with Crippen molar-refractivity contribution in [2.45, 2.75) is 111 Å². The van der Waals surface area contributed by atoms with Gasteiger partial charge >= 0.3 is 11.9 Å². The molecule has 0 aliphatic rings. The third-order valence-corrected chi connectivity index (χ3v) is 5.28. The molecule has 0 bridgehead atoms. The van der Waals surface area contributed by atoms with Crippen LogP contribution < -0.4 is 0 Å². The molecule has 0 amide bonds. The lowest BCUT2D eigenvalue weighted by atomic mass is 9.99. The topological polar surface area (TPSA) is 65.5 Å². The second-order valence-corrected chi connectivity index (χ2v) is 9.92. The highest BCUT2D eigenvalue weighted by molar-refractivity contribution is 5.91. The summed E-state index contributed by atoms with van der Waals surface area (Å²) in [6.07, 6.45) is 16.6. The maximum absolute atomic E-state index is 12.2. The number of pyridine rings is 1. The van der Waals surface area contributed by atoms with E-state index >= 15 is 0 Å². The van der Waals surface area contributed by atoms with Crippen LogP contribution in [0.3, 0.4) is 0 Å². The molecular weight excluding hydrogens is 402 g/mol. The number of rotatable bonds is 17. The van der Waals surface area contributed by atoms with Gasteiger partial charge in [-0.1, -0.05) is 111 Å². The summed E-state index contributed by atoms with van der Waals surface area (Å²) in [6.45, 7) is 8.89. The molecule has 0 N–H and O–H groups in total. The van der Waals surface area contributed by atoms with E-state index in [-0.39, 0.29) is 16.8 Å². The quantitative estimate of drug-likeness (QED) is 0.182. The minimum Gasteiger partial charge on any atom is -0.461 e. The summed E-state index contributed by atoms with van der Waals surface area (Å²) < 4.78 is 10.6. The predicted molar refractivity (Wildman–Crippen MR) is 130 cm³/mol. The van der Waals surface area contributed by atoms with Crippen molar-refractivity contribution in [3.63, 3.8) is 0 Å². The SMILES string of the molecule is CCCCCCCCCCCCCCCOC(=O)c1cccc(C(=O)OCC(C)(C)C)n1. The normalized spacial score (nSPS) is 11.4. The number of carbonyl (C=O) groups is 2. The molecule has 182 valence electrons. The Bertz CT molecular complexity index is 651. The summed E-state index contributed by atoms with van der Waals surface area (Å²) in [5, 5.41) is 0. The lowest BCUT2D eigenvalue weighted by Gasteiger charge is -2.17. The summed E-state index contributed by atoms with van der Waals surface area (Å²) in [7, 11) is 0. The fourth-order valence-corrected chi connectivity index (χ4v) is 3.38. The van der Waals surface area contributed by atoms with E-state index in [0.717, 1.165) is 12.8 Å². The van der Waals surface area contributed by atoms with Crippen LogP contribution in [0.15, 0.2) is 18.2 Å². The van der Waals surface area contributed by atoms with Gasteiger partial charge in [0.15, 0.2) is 0 Å². The van der Waals surface area contributed by atoms with Gasteiger partial charge in [0.05, 0.1) is 13.2 Å². The zero-order valence-electron chi connectivity index (χ0n) is 20.9. The Morgan fingerprint density at radius 3 is 1.62 bits per heavy atom. The fourth-order valence-electron chi connectivity index (χ4n) is 3.38. The van der Waals surface area contributed by atoms with Crippen molar-refractivity contribution >= 4 is 11.9 Å². The third kappa shape index (κ3) is 14.2. The first-order chi connectivity index (χ1) is 15.3. The molecule has 0 fully saturated rings. The molecule has 0 aliphatic carbocycles. The average Bonchev–Trinajstić information content (AvgIpc) is 2.77. The van der Waals surface area contributed by atoms with Gasteiger partial charge in [-0.3, -0.25) is 0 Å². The van der Waals surface area contributed by atoms with E-state index in [9.17, 15) is 9.59 Å². The van der Waals surface area contributed by atoms with Crippen LogP contribution in [0.5, 0.6) is 0 Å². The highest BCUT2D eigenvalue weighted by atomic mass is 16.5. The van der Waals surface area contributed by atoms with Gasteiger partial charge in [0.2, 0.25) is 0 Å². The van der Waals surface area contributed by atoms with Gasteiger partial charge in [-0.2, -0.15) is 0 Å². The molecule has 32 heavy (non-hydrogen) atoms. The van der Waals surface area contributed by atoms with Gasteiger partial charge in [0.25, 0.3) is 0 Å². The third-order valence-electron chi connectivity index (χ3n) is 5.28. The summed E-state index contributed by atoms with van der Waals surface area (Å²) >= 11 is 0. The molecule has 1 aromatic heterocycles. The zero-order chi connectivity index (χ0) is 23.7. The van der Waals surface area contributed by atoms with E-state index < -0.39 is 11.9 Å². The van der Waals surface area contributed by atoms with Crippen LogP contribution in [-0.4, -0.2) is 30.1 Å². The largest absolute Gasteiger partial charge is 0.461 e. The number of ether oxygens (including phenoxy) is 2. The van der Waals surface area contributed by atoms with Crippen molar-refractivity contribution in [1.29, 1.82) is 0 Å². The molecule has 0 unspecified atom stereocenters. The monoisotopic (exact) mass is 447 g/mol. The Hall–Kier alpha value is -1.91. The molecule has 0 radical (unpaired) electrons. The number of esters is 2. The van der Waals surface area contributed by atoms with Gasteiger partial charge in [-0.05, 0) is 24.0 Å². The van der Waals surface area contributed by atoms with Crippen LogP contribution >= 0.6 is 0 Å². The van der Waals surface area contributed by atoms with Gasteiger partial charge in [0.1, 0.15) is 11.4 Å². The highest BCUT2D eigenvalue weighted by Gasteiger charge is 2.18. The zero-order valence-corrected chi connectivity index (χ0v) is 20.9. The van der Waals surface area contributed by atoms with Crippen LogP contribution in [0, 0.1) is 5.41 Å². The first-order valence-electron chi connectivity index (χ1n) is 12.6. The standard InChI is InChI=1S/C27H45NO4/c1-5-6-7-8-9-10-11-12-13-14-15-16-17-21-31-25(29)23-19-18-20-24(28-23)26(30)32-22-27(2,3)4/h18-20H,5-17,21-22H2,1-4H3. The van der Waals surface area contributed by atoms with Crippen LogP contribution in [0.1, 0.15) is 132 Å². The molecule has 0 aliphatic heterocycles. The van der Waals surface area contributed by atoms with E-state index in [4.69, 9.17) is 9.47 Å². The minimum absolute atomic E-state index is 0.125. The number of unbranched alkanes of at least 4 members (excludes halogenated alkanes) is 12. The Morgan fingerprint density at radius 1 is 0.719 bits per heavy atom. The van der Waals surface area contributed by atoms with Crippen molar-refractivity contribution in [2.24, 2.45) is 5.41 Å². The van der Waals surface area contributed by atoms with Gasteiger partial charge in [0, 0.05) is 0 Å². The lowest BCUT2D eigenvalue weighted by Crippen LogP contribution is -2.19. The van der Waals surface area contributed by atoms with E-state index in [1.165, 1.54) is 70.6 Å². The van der Waals surface area contributed by atoms with Crippen LogP contribution in [0.2, 0.25) is 0 Å². The Kier molecular flexibility index (Phi) is 14.7. The summed E-state index contributed by atoms with van der Waals surface area (Å²) in [6, 6.07) is 4.74. The molecule has 1 heterocycles. The van der Waals surface area contributed by atoms with E-state index in [1.807, 2.05) is 20.8 Å². The first-order valence-corrected chi connectivity index (χ1v) is 12.6. The highest BCUT2D eigenvalue weighted by Crippen LogP contribution is 2.15. The molecule has 0 spiro atoms. The molecule has 0 saturated carbocycles. The Morgan fingerprint density at radius 2 is 1.16 bits per heavy atom. The van der Waals surface area contributed by atoms with Gasteiger partial charge in [-0.15, -0.1) is 0 Å². The minimum atomic E-state index is -0.522. The summed E-state index contributed by atoms with van der Waals surface area (Å²) in [5.41, 5.74) is 0.148. The van der Waals surface area contributed by atoms with Crippen LogP contribution in [-0.2, 0) is 9.47 Å². The van der Waals surface area contributed by atoms with Crippen LogP contribution in [0.4, 0.5) is 0 Å². The van der Waals surface area contributed by atoms with Crippen LogP contribution in [0.25, 0.3) is 0 Å². The molecule has 0 aromatic carbocycles. The fraction of sp³-hybridized carbons (Fsp3) is 0.741. The van der Waals surface area contributed by atoms with Crippen molar-refractivity contribution in [1.82, 2.24) is 4.98 Å². The lowest BCUT2D eigenvalue weighted by molar-refractivity contribution is 0.0359. The molecule has 0 saturated heterocycles. The summed E-state index contributed by atoms with van der Waals surface area (Å²) in [5.74, 6) is -1.01. The van der Waals surface area contributed by atoms with E-state index in [2.05, 4.69) is 11.9 Å². The smallest absolute Gasteiger partial charge is 0.356 e. The number of hydrogen-bond acceptors (Lipinski definition) is 5. The predicted octanol–water partition coefficient (Wildman–Crippen LogP) is 7.53. The maximum atomic E-state index is 12.2. The first kappa shape index (κ1) is 28.1. The van der Waals surface area contributed by atoms with Gasteiger partial charge < -0.3 is 9.47 Å². The molecular formula is C27H45NO4. The molecule has 5 heteroatoms. The maximum Gasteiger partial charge on any atom is 0.356 e. The number of aromatic nitrogens is 1. The molecule has 0 atom stereocenters. The van der Waals surface area contributed by atoms with Crippen molar-refractivity contribution < 1.29 is 19.1 Å². The van der Waals surface area contributed by atoms with Crippen molar-refractivity contribution in [2.75, 3.05) is 13.2 Å². The van der Waals surface area contributed by atoms with E-state index in [1.54, 1.807) is 18.2 Å². The average molecular weight is 448 g/mol. The molecule has 1 rings (SSSR count). The Labute approximate surface area is 195 Å². The van der Waals surface area contributed by atoms with Crippen molar-refractivity contribution in [3.05, 3.63) is 29.6 Å². The molecule has 5 nitrogen and oxygen atoms in total. The summed E-state index contributed by atoms with van der Waals surface area (Å²) in [4.78, 5) is 28.5. The number of nitrogens with zero attached hydrogens (tertiary/aromatic N) is 1. The van der Waals surface area contributed by atoms with E-state index in [0.29, 0.717) is 13.2 Å². The number of carbonyl (C=O) groups excluding carboxylic acids is 2.